The third-order valence-electron chi connectivity index (χ3n) is 5.35. The van der Waals surface area contributed by atoms with Gasteiger partial charge in [0.15, 0.2) is 5.65 Å². The summed E-state index contributed by atoms with van der Waals surface area (Å²) in [5, 5.41) is 11.7. The molecule has 158 valence electrons. The van der Waals surface area contributed by atoms with Crippen molar-refractivity contribution in [2.24, 2.45) is 0 Å². The van der Waals surface area contributed by atoms with Gasteiger partial charge in [-0.3, -0.25) is 9.48 Å². The third-order valence-corrected chi connectivity index (χ3v) is 5.35. The van der Waals surface area contributed by atoms with Crippen LogP contribution < -0.4 is 5.32 Å². The summed E-state index contributed by atoms with van der Waals surface area (Å²) in [6.07, 6.45) is 6.70. The number of carbonyl (C=O) groups excluding carboxylic acids is 1. The molecule has 5 rings (SSSR count). The van der Waals surface area contributed by atoms with E-state index >= 15 is 0 Å². The molecular weight excluding hydrogens is 400 g/mol. The molecule has 7 nitrogen and oxygen atoms in total. The lowest BCUT2D eigenvalue weighted by Crippen LogP contribution is -2.11. The van der Waals surface area contributed by atoms with E-state index in [-0.39, 0.29) is 5.91 Å². The molecule has 0 unspecified atom stereocenters. The monoisotopic (exact) mass is 422 g/mol. The second-order valence-corrected chi connectivity index (χ2v) is 7.86. The van der Waals surface area contributed by atoms with Crippen LogP contribution in [0, 0.1) is 13.8 Å². The predicted molar refractivity (Wildman–Crippen MR) is 124 cm³/mol. The summed E-state index contributed by atoms with van der Waals surface area (Å²) in [6, 6.07) is 18.4. The molecule has 0 aliphatic rings. The first kappa shape index (κ1) is 19.7. The van der Waals surface area contributed by atoms with Crippen molar-refractivity contribution >= 4 is 17.2 Å². The first-order valence-corrected chi connectivity index (χ1v) is 10.4. The van der Waals surface area contributed by atoms with E-state index < -0.39 is 0 Å². The lowest BCUT2D eigenvalue weighted by atomic mass is 10.1. The minimum Gasteiger partial charge on any atom is -0.319 e. The molecule has 2 aromatic carbocycles. The number of benzene rings is 2. The fraction of sp³-hybridized carbons (Fsp3) is 0.120. The van der Waals surface area contributed by atoms with E-state index in [9.17, 15) is 4.79 Å². The number of nitrogens with zero attached hydrogens (tertiary/aromatic N) is 5. The number of nitrogens with one attached hydrogen (secondary N) is 1. The number of carbonyl (C=O) groups is 1. The van der Waals surface area contributed by atoms with Gasteiger partial charge in [-0.15, -0.1) is 0 Å². The van der Waals surface area contributed by atoms with Crippen LogP contribution in [0.3, 0.4) is 0 Å². The van der Waals surface area contributed by atoms with E-state index in [0.29, 0.717) is 23.4 Å². The highest BCUT2D eigenvalue weighted by Gasteiger charge is 2.17. The number of amides is 1. The first-order valence-electron chi connectivity index (χ1n) is 10.4. The summed E-state index contributed by atoms with van der Waals surface area (Å²) < 4.78 is 3.49. The van der Waals surface area contributed by atoms with Crippen molar-refractivity contribution in [1.82, 2.24) is 24.4 Å². The Hall–Kier alpha value is -4.26. The molecule has 0 bridgehead atoms. The van der Waals surface area contributed by atoms with E-state index in [1.54, 1.807) is 27.8 Å². The van der Waals surface area contributed by atoms with Gasteiger partial charge in [0.2, 0.25) is 0 Å². The van der Waals surface area contributed by atoms with E-state index in [4.69, 9.17) is 0 Å². The maximum absolute atomic E-state index is 12.9. The van der Waals surface area contributed by atoms with Crippen molar-refractivity contribution in [2.45, 2.75) is 20.4 Å². The molecule has 3 aromatic heterocycles. The van der Waals surface area contributed by atoms with Crippen LogP contribution >= 0.6 is 0 Å². The van der Waals surface area contributed by atoms with Crippen molar-refractivity contribution in [3.05, 3.63) is 102 Å². The second kappa shape index (κ2) is 8.11. The second-order valence-electron chi connectivity index (χ2n) is 7.86. The number of hydrogen-bond acceptors (Lipinski definition) is 4. The third kappa shape index (κ3) is 3.88. The van der Waals surface area contributed by atoms with Crippen molar-refractivity contribution in [2.75, 3.05) is 5.32 Å². The van der Waals surface area contributed by atoms with Crippen LogP contribution in [0.5, 0.6) is 0 Å². The van der Waals surface area contributed by atoms with Gasteiger partial charge in [-0.05, 0) is 25.5 Å². The SMILES string of the molecule is Cc1ccc(Cn2cc(NC(=O)c3cnn4c(-c5ccc(C)cc5)ccnc34)cn2)cc1. The number of fused-ring (bicyclic) bond motifs is 1. The van der Waals surface area contributed by atoms with E-state index in [2.05, 4.69) is 51.7 Å². The summed E-state index contributed by atoms with van der Waals surface area (Å²) in [4.78, 5) is 17.3. The number of aromatic nitrogens is 5. The number of aryl methyl sites for hydroxylation is 2. The topological polar surface area (TPSA) is 77.1 Å². The van der Waals surface area contributed by atoms with Gasteiger partial charge in [-0.2, -0.15) is 10.2 Å². The zero-order valence-electron chi connectivity index (χ0n) is 17.9. The number of anilines is 1. The molecule has 3 heterocycles. The standard InChI is InChI=1S/C25H22N6O/c1-17-3-7-19(8-4-17)15-30-16-21(13-27-30)29-25(32)22-14-28-31-23(11-12-26-24(22)31)20-9-5-18(2)6-10-20/h3-14,16H,15H2,1-2H3,(H,29,32). The van der Waals surface area contributed by atoms with Crippen molar-refractivity contribution < 1.29 is 4.79 Å². The van der Waals surface area contributed by atoms with E-state index in [0.717, 1.165) is 16.8 Å². The molecule has 1 N–H and O–H groups in total. The van der Waals surface area contributed by atoms with E-state index in [1.165, 1.54) is 11.1 Å². The molecule has 1 amide bonds. The molecule has 0 radical (unpaired) electrons. The smallest absolute Gasteiger partial charge is 0.261 e. The largest absolute Gasteiger partial charge is 0.319 e. The fourth-order valence-corrected chi connectivity index (χ4v) is 3.59. The van der Waals surface area contributed by atoms with Gasteiger partial charge >= 0.3 is 0 Å². The molecule has 7 heteroatoms. The van der Waals surface area contributed by atoms with Crippen LogP contribution in [0.25, 0.3) is 16.9 Å². The summed E-state index contributed by atoms with van der Waals surface area (Å²) >= 11 is 0. The molecule has 0 saturated carbocycles. The Bertz CT molecular complexity index is 1400. The van der Waals surface area contributed by atoms with Crippen LogP contribution in [0.1, 0.15) is 27.0 Å². The van der Waals surface area contributed by atoms with Gasteiger partial charge in [0.05, 0.1) is 30.3 Å². The molecular formula is C25H22N6O. The highest BCUT2D eigenvalue weighted by atomic mass is 16.1. The van der Waals surface area contributed by atoms with Crippen LogP contribution in [-0.4, -0.2) is 30.3 Å². The molecule has 0 fully saturated rings. The lowest BCUT2D eigenvalue weighted by Gasteiger charge is -2.06. The quantitative estimate of drug-likeness (QED) is 0.452. The molecule has 5 aromatic rings. The van der Waals surface area contributed by atoms with Crippen molar-refractivity contribution in [3.63, 3.8) is 0 Å². The summed E-state index contributed by atoms with van der Waals surface area (Å²) in [5.41, 5.74) is 6.97. The van der Waals surface area contributed by atoms with Gasteiger partial charge in [-0.25, -0.2) is 9.50 Å². The van der Waals surface area contributed by atoms with Gasteiger partial charge < -0.3 is 5.32 Å². The molecule has 0 aliphatic heterocycles. The molecule has 0 aliphatic carbocycles. The minimum absolute atomic E-state index is 0.275. The highest BCUT2D eigenvalue weighted by Crippen LogP contribution is 2.22. The lowest BCUT2D eigenvalue weighted by molar-refractivity contribution is 0.102. The van der Waals surface area contributed by atoms with Crippen LogP contribution in [0.2, 0.25) is 0 Å². The Morgan fingerprint density at radius 2 is 1.62 bits per heavy atom. The number of rotatable bonds is 5. The highest BCUT2D eigenvalue weighted by molar-refractivity contribution is 6.08. The summed E-state index contributed by atoms with van der Waals surface area (Å²) in [7, 11) is 0. The first-order chi connectivity index (χ1) is 15.6. The van der Waals surface area contributed by atoms with E-state index in [1.807, 2.05) is 43.5 Å². The Morgan fingerprint density at radius 3 is 2.38 bits per heavy atom. The average molecular weight is 422 g/mol. The normalized spacial score (nSPS) is 11.1. The van der Waals surface area contributed by atoms with Gasteiger partial charge in [0.1, 0.15) is 5.56 Å². The van der Waals surface area contributed by atoms with Crippen LogP contribution in [0.15, 0.2) is 79.4 Å². The average Bonchev–Trinajstić information content (AvgIpc) is 3.42. The maximum Gasteiger partial charge on any atom is 0.261 e. The van der Waals surface area contributed by atoms with Gasteiger partial charge in [0.25, 0.3) is 5.91 Å². The summed E-state index contributed by atoms with van der Waals surface area (Å²) in [6.45, 7) is 4.74. The van der Waals surface area contributed by atoms with Crippen LogP contribution in [0.4, 0.5) is 5.69 Å². The van der Waals surface area contributed by atoms with Gasteiger partial charge in [0, 0.05) is 18.0 Å². The predicted octanol–water partition coefficient (Wildman–Crippen LogP) is 4.51. The zero-order valence-corrected chi connectivity index (χ0v) is 17.9. The summed E-state index contributed by atoms with van der Waals surface area (Å²) in [5.74, 6) is -0.275. The Morgan fingerprint density at radius 1 is 0.906 bits per heavy atom. The molecule has 0 atom stereocenters. The Labute approximate surface area is 185 Å². The van der Waals surface area contributed by atoms with Crippen LogP contribution in [-0.2, 0) is 6.54 Å². The van der Waals surface area contributed by atoms with Crippen molar-refractivity contribution in [1.29, 1.82) is 0 Å². The number of hydrogen-bond donors (Lipinski definition) is 1. The van der Waals surface area contributed by atoms with Gasteiger partial charge in [-0.1, -0.05) is 59.7 Å². The molecule has 32 heavy (non-hydrogen) atoms. The minimum atomic E-state index is -0.275. The molecule has 0 spiro atoms. The fourth-order valence-electron chi connectivity index (χ4n) is 3.59. The molecule has 0 saturated heterocycles. The maximum atomic E-state index is 12.9. The van der Waals surface area contributed by atoms with Crippen molar-refractivity contribution in [3.8, 4) is 11.3 Å². The Kier molecular flexibility index (Phi) is 4.99. The Balaban J connectivity index is 1.36. The zero-order chi connectivity index (χ0) is 22.1.